The molecule has 0 saturated carbocycles. The third kappa shape index (κ3) is 6.99. The molecule has 3 rings (SSSR count). The molecule has 0 aromatic heterocycles. The van der Waals surface area contributed by atoms with Gasteiger partial charge in [0.2, 0.25) is 5.91 Å². The molecule has 3 aromatic rings. The van der Waals surface area contributed by atoms with Crippen molar-refractivity contribution in [2.75, 3.05) is 13.7 Å². The molecule has 0 aliphatic heterocycles. The second kappa shape index (κ2) is 11.9. The summed E-state index contributed by atoms with van der Waals surface area (Å²) in [6.07, 6.45) is 5.51. The lowest BCUT2D eigenvalue weighted by Crippen LogP contribution is -2.29. The third-order valence-corrected chi connectivity index (χ3v) is 4.64. The van der Waals surface area contributed by atoms with Gasteiger partial charge >= 0.3 is 5.97 Å². The van der Waals surface area contributed by atoms with Gasteiger partial charge in [-0.2, -0.15) is 0 Å². The smallest absolute Gasteiger partial charge is 0.331 e. The van der Waals surface area contributed by atoms with Crippen LogP contribution in [-0.4, -0.2) is 25.5 Å². The monoisotopic (exact) mass is 427 g/mol. The van der Waals surface area contributed by atoms with E-state index in [1.54, 1.807) is 25.3 Å². The minimum absolute atomic E-state index is 0.100. The number of rotatable bonds is 9. The van der Waals surface area contributed by atoms with Crippen LogP contribution in [-0.2, 0) is 14.3 Å². The van der Waals surface area contributed by atoms with E-state index in [1.807, 2.05) is 78.9 Å². The number of nitrogens with one attached hydrogen (secondary N) is 1. The van der Waals surface area contributed by atoms with Crippen LogP contribution >= 0.6 is 0 Å². The lowest BCUT2D eigenvalue weighted by molar-refractivity contribution is -0.143. The van der Waals surface area contributed by atoms with E-state index in [0.717, 1.165) is 11.1 Å². The van der Waals surface area contributed by atoms with Crippen LogP contribution in [0.15, 0.2) is 97.1 Å². The first-order valence-corrected chi connectivity index (χ1v) is 10.2. The fourth-order valence-electron chi connectivity index (χ4n) is 3.04. The predicted molar refractivity (Wildman–Crippen MR) is 126 cm³/mol. The SMILES string of the molecule is COc1ccccc1[C@H](CNC(=O)C=Cc1ccccc1)OC(=O)C=Cc1ccccc1. The second-order valence-electron chi connectivity index (χ2n) is 6.90. The molecule has 0 spiro atoms. The normalized spacial score (nSPS) is 11.9. The molecule has 5 nitrogen and oxygen atoms in total. The first kappa shape index (κ1) is 22.6. The van der Waals surface area contributed by atoms with Crippen molar-refractivity contribution >= 4 is 24.0 Å². The maximum absolute atomic E-state index is 12.5. The summed E-state index contributed by atoms with van der Waals surface area (Å²) in [6, 6.07) is 26.2. The van der Waals surface area contributed by atoms with Gasteiger partial charge < -0.3 is 14.8 Å². The summed E-state index contributed by atoms with van der Waals surface area (Å²) >= 11 is 0. The summed E-state index contributed by atoms with van der Waals surface area (Å²) in [7, 11) is 1.55. The Balaban J connectivity index is 1.69. The van der Waals surface area contributed by atoms with Gasteiger partial charge in [-0.05, 0) is 29.3 Å². The van der Waals surface area contributed by atoms with Crippen molar-refractivity contribution in [2.45, 2.75) is 6.10 Å². The number of hydrogen-bond donors (Lipinski definition) is 1. The average molecular weight is 428 g/mol. The van der Waals surface area contributed by atoms with Crippen LogP contribution in [0, 0.1) is 0 Å². The molecule has 0 fully saturated rings. The van der Waals surface area contributed by atoms with Crippen molar-refractivity contribution in [3.05, 3.63) is 114 Å². The molecule has 0 bridgehead atoms. The summed E-state index contributed by atoms with van der Waals surface area (Å²) < 4.78 is 11.1. The van der Waals surface area contributed by atoms with Crippen molar-refractivity contribution < 1.29 is 19.1 Å². The zero-order valence-electron chi connectivity index (χ0n) is 17.8. The van der Waals surface area contributed by atoms with E-state index in [1.165, 1.54) is 12.2 Å². The largest absolute Gasteiger partial charge is 0.496 e. The molecule has 0 saturated heterocycles. The Labute approximate surface area is 188 Å². The van der Waals surface area contributed by atoms with Crippen LogP contribution in [0.25, 0.3) is 12.2 Å². The number of esters is 1. The summed E-state index contributed by atoms with van der Waals surface area (Å²) in [5.41, 5.74) is 2.47. The molecule has 3 aromatic carbocycles. The molecule has 1 N–H and O–H groups in total. The standard InChI is InChI=1S/C27H25NO4/c1-31-24-15-9-8-14-23(24)25(32-27(30)19-17-22-12-6-3-7-13-22)20-28-26(29)18-16-21-10-4-2-5-11-21/h2-19,25H,20H2,1H3,(H,28,29)/t25-/m0/s1. The van der Waals surface area contributed by atoms with E-state index in [-0.39, 0.29) is 12.5 Å². The first-order chi connectivity index (χ1) is 15.7. The van der Waals surface area contributed by atoms with Gasteiger partial charge in [-0.3, -0.25) is 4.79 Å². The second-order valence-corrected chi connectivity index (χ2v) is 6.90. The van der Waals surface area contributed by atoms with E-state index < -0.39 is 12.1 Å². The highest BCUT2D eigenvalue weighted by Gasteiger charge is 2.20. The van der Waals surface area contributed by atoms with Crippen molar-refractivity contribution in [3.63, 3.8) is 0 Å². The van der Waals surface area contributed by atoms with Crippen molar-refractivity contribution in [3.8, 4) is 5.75 Å². The van der Waals surface area contributed by atoms with Gasteiger partial charge in [0.25, 0.3) is 0 Å². The summed E-state index contributed by atoms with van der Waals surface area (Å²) in [5.74, 6) is -0.227. The number of methoxy groups -OCH3 is 1. The fourth-order valence-corrected chi connectivity index (χ4v) is 3.04. The highest BCUT2D eigenvalue weighted by Crippen LogP contribution is 2.27. The van der Waals surface area contributed by atoms with Crippen LogP contribution in [0.4, 0.5) is 0 Å². The maximum Gasteiger partial charge on any atom is 0.331 e. The van der Waals surface area contributed by atoms with Crippen molar-refractivity contribution in [1.29, 1.82) is 0 Å². The molecule has 0 heterocycles. The Morgan fingerprint density at radius 2 is 1.38 bits per heavy atom. The summed E-state index contributed by atoms with van der Waals surface area (Å²) in [5, 5.41) is 2.80. The molecule has 162 valence electrons. The van der Waals surface area contributed by atoms with E-state index in [2.05, 4.69) is 5.32 Å². The van der Waals surface area contributed by atoms with Gasteiger partial charge in [0.05, 0.1) is 13.7 Å². The first-order valence-electron chi connectivity index (χ1n) is 10.2. The van der Waals surface area contributed by atoms with Crippen LogP contribution < -0.4 is 10.1 Å². The van der Waals surface area contributed by atoms with E-state index in [4.69, 9.17) is 9.47 Å². The van der Waals surface area contributed by atoms with Crippen LogP contribution in [0.3, 0.4) is 0 Å². The Kier molecular flexibility index (Phi) is 8.40. The number of carbonyl (C=O) groups excluding carboxylic acids is 2. The van der Waals surface area contributed by atoms with Gasteiger partial charge in [0.1, 0.15) is 11.9 Å². The highest BCUT2D eigenvalue weighted by atomic mass is 16.5. The summed E-state index contributed by atoms with van der Waals surface area (Å²) in [6.45, 7) is 0.100. The number of benzene rings is 3. The lowest BCUT2D eigenvalue weighted by atomic mass is 10.1. The van der Waals surface area contributed by atoms with Gasteiger partial charge in [0.15, 0.2) is 0 Å². The van der Waals surface area contributed by atoms with Crippen molar-refractivity contribution in [2.24, 2.45) is 0 Å². The Morgan fingerprint density at radius 3 is 2.00 bits per heavy atom. The molecule has 0 aliphatic carbocycles. The zero-order valence-corrected chi connectivity index (χ0v) is 17.8. The number of carbonyl (C=O) groups is 2. The Bertz CT molecular complexity index is 1080. The minimum Gasteiger partial charge on any atom is -0.496 e. The van der Waals surface area contributed by atoms with Crippen molar-refractivity contribution in [1.82, 2.24) is 5.32 Å². The topological polar surface area (TPSA) is 64.6 Å². The average Bonchev–Trinajstić information content (AvgIpc) is 2.85. The number of ether oxygens (including phenoxy) is 2. The van der Waals surface area contributed by atoms with Gasteiger partial charge in [-0.25, -0.2) is 4.79 Å². The molecule has 32 heavy (non-hydrogen) atoms. The van der Waals surface area contributed by atoms with E-state index in [9.17, 15) is 9.59 Å². The Hall–Kier alpha value is -4.12. The zero-order chi connectivity index (χ0) is 22.6. The molecule has 0 aliphatic rings. The van der Waals surface area contributed by atoms with Crippen LogP contribution in [0.2, 0.25) is 0 Å². The molecular weight excluding hydrogens is 402 g/mol. The molecule has 0 unspecified atom stereocenters. The number of hydrogen-bond acceptors (Lipinski definition) is 4. The van der Waals surface area contributed by atoms with Gasteiger partial charge in [-0.1, -0.05) is 78.9 Å². The molecule has 5 heteroatoms. The van der Waals surface area contributed by atoms with Crippen LogP contribution in [0.5, 0.6) is 5.75 Å². The number of para-hydroxylation sites is 1. The van der Waals surface area contributed by atoms with Gasteiger partial charge in [-0.15, -0.1) is 0 Å². The molecular formula is C27H25NO4. The number of amides is 1. The maximum atomic E-state index is 12.5. The fraction of sp³-hybridized carbons (Fsp3) is 0.111. The third-order valence-electron chi connectivity index (χ3n) is 4.64. The quantitative estimate of drug-likeness (QED) is 0.393. The van der Waals surface area contributed by atoms with Gasteiger partial charge in [0, 0.05) is 17.7 Å². The minimum atomic E-state index is -0.715. The Morgan fingerprint density at radius 1 is 0.812 bits per heavy atom. The molecule has 1 atom stereocenters. The lowest BCUT2D eigenvalue weighted by Gasteiger charge is -2.20. The van der Waals surface area contributed by atoms with E-state index >= 15 is 0 Å². The molecule has 0 radical (unpaired) electrons. The molecule has 1 amide bonds. The highest BCUT2D eigenvalue weighted by molar-refractivity contribution is 5.91. The van der Waals surface area contributed by atoms with E-state index in [0.29, 0.717) is 11.3 Å². The van der Waals surface area contributed by atoms with Crippen LogP contribution in [0.1, 0.15) is 22.8 Å². The predicted octanol–water partition coefficient (Wildman–Crippen LogP) is 4.82. The summed E-state index contributed by atoms with van der Waals surface area (Å²) in [4.78, 5) is 24.8.